The highest BCUT2D eigenvalue weighted by molar-refractivity contribution is 5.72. The Labute approximate surface area is 180 Å². The van der Waals surface area contributed by atoms with Gasteiger partial charge >= 0.3 is 11.9 Å². The van der Waals surface area contributed by atoms with Gasteiger partial charge in [0.05, 0.1) is 13.2 Å². The van der Waals surface area contributed by atoms with Crippen molar-refractivity contribution in [3.8, 4) is 0 Å². The molecular weight excluding hydrogens is 364 g/mol. The van der Waals surface area contributed by atoms with Gasteiger partial charge in [-0.2, -0.15) is 0 Å². The van der Waals surface area contributed by atoms with E-state index in [4.69, 9.17) is 9.47 Å². The maximum atomic E-state index is 11.7. The largest absolute Gasteiger partial charge is 0.466 e. The molecule has 0 bridgehead atoms. The van der Waals surface area contributed by atoms with E-state index in [1.807, 2.05) is 0 Å². The number of rotatable bonds is 21. The van der Waals surface area contributed by atoms with E-state index >= 15 is 0 Å². The molecule has 1 unspecified atom stereocenters. The molecule has 0 aromatic rings. The number of esters is 2. The molecule has 0 amide bonds. The van der Waals surface area contributed by atoms with Crippen molar-refractivity contribution in [3.05, 3.63) is 0 Å². The maximum Gasteiger partial charge on any atom is 0.305 e. The van der Waals surface area contributed by atoms with Gasteiger partial charge in [-0.1, -0.05) is 97.8 Å². The van der Waals surface area contributed by atoms with Gasteiger partial charge in [0.1, 0.15) is 0 Å². The predicted octanol–water partition coefficient (Wildman–Crippen LogP) is 7.38. The first-order chi connectivity index (χ1) is 14.1. The van der Waals surface area contributed by atoms with Gasteiger partial charge in [-0.3, -0.25) is 9.59 Å². The van der Waals surface area contributed by atoms with Crippen LogP contribution in [-0.2, 0) is 19.1 Å². The zero-order valence-corrected chi connectivity index (χ0v) is 19.6. The molecule has 0 fully saturated rings. The lowest BCUT2D eigenvalue weighted by atomic mass is 10.1. The molecule has 0 aliphatic carbocycles. The zero-order chi connectivity index (χ0) is 21.6. The van der Waals surface area contributed by atoms with E-state index in [-0.39, 0.29) is 11.9 Å². The number of ether oxygens (including phenoxy) is 2. The summed E-state index contributed by atoms with van der Waals surface area (Å²) in [5, 5.41) is 0. The van der Waals surface area contributed by atoms with Crippen molar-refractivity contribution < 1.29 is 19.1 Å². The summed E-state index contributed by atoms with van der Waals surface area (Å²) in [6.45, 7) is 7.46. The average molecular weight is 413 g/mol. The van der Waals surface area contributed by atoms with Gasteiger partial charge < -0.3 is 9.47 Å². The second kappa shape index (κ2) is 21.6. The molecule has 0 rings (SSSR count). The van der Waals surface area contributed by atoms with Gasteiger partial charge in [0.15, 0.2) is 0 Å². The second-order valence-corrected chi connectivity index (χ2v) is 8.54. The summed E-state index contributed by atoms with van der Waals surface area (Å²) in [4.78, 5) is 23.3. The molecule has 0 aliphatic rings. The quantitative estimate of drug-likeness (QED) is 0.146. The lowest BCUT2D eigenvalue weighted by Crippen LogP contribution is -2.12. The summed E-state index contributed by atoms with van der Waals surface area (Å²) in [7, 11) is 0. The highest BCUT2D eigenvalue weighted by atomic mass is 16.5. The van der Waals surface area contributed by atoms with E-state index in [1.54, 1.807) is 0 Å². The highest BCUT2D eigenvalue weighted by Gasteiger charge is 2.09. The molecule has 172 valence electrons. The van der Waals surface area contributed by atoms with Crippen LogP contribution < -0.4 is 0 Å². The molecule has 0 heterocycles. The van der Waals surface area contributed by atoms with Crippen LogP contribution >= 0.6 is 0 Å². The third kappa shape index (κ3) is 21.5. The Balaban J connectivity index is 3.32. The summed E-state index contributed by atoms with van der Waals surface area (Å²) in [6, 6.07) is 0. The fourth-order valence-corrected chi connectivity index (χ4v) is 3.46. The monoisotopic (exact) mass is 412 g/mol. The average Bonchev–Trinajstić information content (AvgIpc) is 2.70. The molecule has 0 aliphatic heterocycles. The van der Waals surface area contributed by atoms with E-state index in [2.05, 4.69) is 20.8 Å². The van der Waals surface area contributed by atoms with Crippen LogP contribution in [-0.4, -0.2) is 25.2 Å². The van der Waals surface area contributed by atoms with Crippen LogP contribution in [0.15, 0.2) is 0 Å². The van der Waals surface area contributed by atoms with Gasteiger partial charge in [0.25, 0.3) is 0 Å². The lowest BCUT2D eigenvalue weighted by Gasteiger charge is -2.10. The molecule has 1 atom stereocenters. The standard InChI is InChI=1S/C25H48O4/c1-4-6-7-8-9-10-11-12-13-14-15-16-21-28-24(26)19-17-20-25(27)29-22-23(3)18-5-2/h23H,4-22H2,1-3H3. The number of carbonyl (C=O) groups excluding carboxylic acids is 2. The fraction of sp³-hybridized carbons (Fsp3) is 0.920. The Morgan fingerprint density at radius 2 is 1.10 bits per heavy atom. The third-order valence-corrected chi connectivity index (χ3v) is 5.33. The molecule has 0 radical (unpaired) electrons. The molecule has 0 saturated heterocycles. The van der Waals surface area contributed by atoms with Crippen molar-refractivity contribution in [2.75, 3.05) is 13.2 Å². The Kier molecular flexibility index (Phi) is 20.9. The Morgan fingerprint density at radius 1 is 0.621 bits per heavy atom. The SMILES string of the molecule is CCCCCCCCCCCCCCOC(=O)CCCC(=O)OCC(C)CCC. The third-order valence-electron chi connectivity index (χ3n) is 5.33. The first-order valence-corrected chi connectivity index (χ1v) is 12.4. The van der Waals surface area contributed by atoms with Gasteiger partial charge in [0.2, 0.25) is 0 Å². The Morgan fingerprint density at radius 3 is 1.62 bits per heavy atom. The Bertz CT molecular complexity index is 381. The number of carbonyl (C=O) groups is 2. The normalized spacial score (nSPS) is 12.0. The van der Waals surface area contributed by atoms with Crippen molar-refractivity contribution in [1.29, 1.82) is 0 Å². The van der Waals surface area contributed by atoms with Crippen molar-refractivity contribution >= 4 is 11.9 Å². The maximum absolute atomic E-state index is 11.7. The summed E-state index contributed by atoms with van der Waals surface area (Å²) in [5.41, 5.74) is 0. The van der Waals surface area contributed by atoms with Gasteiger partial charge in [-0.05, 0) is 25.2 Å². The lowest BCUT2D eigenvalue weighted by molar-refractivity contribution is -0.146. The summed E-state index contributed by atoms with van der Waals surface area (Å²) in [6.07, 6.45) is 18.9. The van der Waals surface area contributed by atoms with Crippen LogP contribution in [0.4, 0.5) is 0 Å². The fourth-order valence-electron chi connectivity index (χ4n) is 3.46. The summed E-state index contributed by atoms with van der Waals surface area (Å²) < 4.78 is 10.5. The minimum Gasteiger partial charge on any atom is -0.466 e. The van der Waals surface area contributed by atoms with Crippen molar-refractivity contribution in [1.82, 2.24) is 0 Å². The zero-order valence-electron chi connectivity index (χ0n) is 19.6. The van der Waals surface area contributed by atoms with Gasteiger partial charge in [-0.25, -0.2) is 0 Å². The number of hydrogen-bond donors (Lipinski definition) is 0. The van der Waals surface area contributed by atoms with Crippen molar-refractivity contribution in [2.45, 2.75) is 130 Å². The van der Waals surface area contributed by atoms with Crippen LogP contribution in [0.25, 0.3) is 0 Å². The van der Waals surface area contributed by atoms with Crippen LogP contribution in [0.1, 0.15) is 130 Å². The van der Waals surface area contributed by atoms with Gasteiger partial charge in [0, 0.05) is 12.8 Å². The molecule has 0 saturated carbocycles. The van der Waals surface area contributed by atoms with Crippen molar-refractivity contribution in [3.63, 3.8) is 0 Å². The van der Waals surface area contributed by atoms with Crippen LogP contribution in [0, 0.1) is 5.92 Å². The van der Waals surface area contributed by atoms with E-state index in [0.717, 1.165) is 25.7 Å². The molecule has 0 aromatic heterocycles. The first-order valence-electron chi connectivity index (χ1n) is 12.4. The second-order valence-electron chi connectivity index (χ2n) is 8.54. The highest BCUT2D eigenvalue weighted by Crippen LogP contribution is 2.12. The minimum absolute atomic E-state index is 0.194. The Hall–Kier alpha value is -1.06. The molecule has 4 nitrogen and oxygen atoms in total. The van der Waals surface area contributed by atoms with Crippen LogP contribution in [0.3, 0.4) is 0 Å². The van der Waals surface area contributed by atoms with E-state index in [0.29, 0.717) is 38.4 Å². The molecule has 0 spiro atoms. The topological polar surface area (TPSA) is 52.6 Å². The molecular formula is C25H48O4. The van der Waals surface area contributed by atoms with Crippen LogP contribution in [0.2, 0.25) is 0 Å². The first kappa shape index (κ1) is 27.9. The van der Waals surface area contributed by atoms with Gasteiger partial charge in [-0.15, -0.1) is 0 Å². The molecule has 4 heteroatoms. The van der Waals surface area contributed by atoms with Crippen molar-refractivity contribution in [2.24, 2.45) is 5.92 Å². The van der Waals surface area contributed by atoms with Crippen LogP contribution in [0.5, 0.6) is 0 Å². The molecule has 0 N–H and O–H groups in total. The van der Waals surface area contributed by atoms with E-state index < -0.39 is 0 Å². The van der Waals surface area contributed by atoms with E-state index in [9.17, 15) is 9.59 Å². The number of hydrogen-bond acceptors (Lipinski definition) is 4. The van der Waals surface area contributed by atoms with E-state index in [1.165, 1.54) is 64.2 Å². The summed E-state index contributed by atoms with van der Waals surface area (Å²) >= 11 is 0. The molecule has 29 heavy (non-hydrogen) atoms. The smallest absolute Gasteiger partial charge is 0.305 e. The molecule has 0 aromatic carbocycles. The minimum atomic E-state index is -0.207. The summed E-state index contributed by atoms with van der Waals surface area (Å²) in [5.74, 6) is 0.00593. The predicted molar refractivity (Wildman–Crippen MR) is 121 cm³/mol. The number of unbranched alkanes of at least 4 members (excludes halogenated alkanes) is 11.